The zero-order valence-electron chi connectivity index (χ0n) is 13.2. The Bertz CT molecular complexity index is 557. The van der Waals surface area contributed by atoms with Gasteiger partial charge >= 0.3 is 0 Å². The van der Waals surface area contributed by atoms with Crippen molar-refractivity contribution >= 4 is 17.5 Å². The predicted molar refractivity (Wildman–Crippen MR) is 84.9 cm³/mol. The molecule has 0 saturated carbocycles. The van der Waals surface area contributed by atoms with Gasteiger partial charge in [0.25, 0.3) is 0 Å². The maximum atomic E-state index is 12.6. The molecule has 0 unspecified atom stereocenters. The summed E-state index contributed by atoms with van der Waals surface area (Å²) >= 11 is 0. The highest BCUT2D eigenvalue weighted by Crippen LogP contribution is 2.26. The first-order chi connectivity index (χ1) is 11.1. The average molecular weight is 318 g/mol. The molecule has 1 N–H and O–H groups in total. The fourth-order valence-corrected chi connectivity index (χ4v) is 3.08. The topological polar surface area (TPSA) is 67.9 Å². The molecule has 3 rings (SSSR count). The van der Waals surface area contributed by atoms with E-state index in [1.807, 2.05) is 37.3 Å². The second kappa shape index (κ2) is 7.10. The molecular weight excluding hydrogens is 296 g/mol. The Morgan fingerprint density at radius 1 is 1.26 bits per heavy atom. The van der Waals surface area contributed by atoms with E-state index in [4.69, 9.17) is 9.47 Å². The van der Waals surface area contributed by atoms with Crippen molar-refractivity contribution in [1.82, 2.24) is 5.32 Å². The monoisotopic (exact) mass is 318 g/mol. The summed E-state index contributed by atoms with van der Waals surface area (Å²) in [6.45, 7) is 3.21. The molecule has 2 atom stereocenters. The fraction of sp³-hybridized carbons (Fsp3) is 0.529. The third-order valence-corrected chi connectivity index (χ3v) is 4.17. The number of hydrogen-bond donors (Lipinski definition) is 1. The van der Waals surface area contributed by atoms with Gasteiger partial charge in [0.15, 0.2) is 6.29 Å². The van der Waals surface area contributed by atoms with Crippen LogP contribution in [0, 0.1) is 0 Å². The molecule has 2 amide bonds. The van der Waals surface area contributed by atoms with Gasteiger partial charge in [0.05, 0.1) is 19.6 Å². The van der Waals surface area contributed by atoms with Crippen molar-refractivity contribution in [2.24, 2.45) is 0 Å². The lowest BCUT2D eigenvalue weighted by atomic mass is 10.2. The summed E-state index contributed by atoms with van der Waals surface area (Å²) in [5.41, 5.74) is 0.862. The van der Waals surface area contributed by atoms with Crippen LogP contribution in [0.15, 0.2) is 30.3 Å². The van der Waals surface area contributed by atoms with E-state index in [2.05, 4.69) is 5.32 Å². The molecular formula is C17H22N2O4. The molecule has 23 heavy (non-hydrogen) atoms. The smallest absolute Gasteiger partial charge is 0.249 e. The Balaban J connectivity index is 1.58. The third-order valence-electron chi connectivity index (χ3n) is 4.17. The zero-order valence-corrected chi connectivity index (χ0v) is 13.2. The van der Waals surface area contributed by atoms with Gasteiger partial charge in [-0.1, -0.05) is 18.2 Å². The number of rotatable bonds is 4. The summed E-state index contributed by atoms with van der Waals surface area (Å²) < 4.78 is 10.7. The van der Waals surface area contributed by atoms with Crippen molar-refractivity contribution in [2.45, 2.75) is 44.6 Å². The van der Waals surface area contributed by atoms with Crippen LogP contribution in [-0.4, -0.2) is 43.4 Å². The van der Waals surface area contributed by atoms with E-state index in [9.17, 15) is 9.59 Å². The van der Waals surface area contributed by atoms with Crippen LogP contribution in [0.25, 0.3) is 0 Å². The van der Waals surface area contributed by atoms with E-state index in [0.717, 1.165) is 12.1 Å². The highest BCUT2D eigenvalue weighted by molar-refractivity contribution is 6.02. The SMILES string of the molecule is C[C@H]1C[C@@H](NC(=O)CC2OCCCO2)C(=O)N1c1ccccc1. The van der Waals surface area contributed by atoms with Gasteiger partial charge in [-0.2, -0.15) is 0 Å². The van der Waals surface area contributed by atoms with Crippen LogP contribution in [0.2, 0.25) is 0 Å². The highest BCUT2D eigenvalue weighted by atomic mass is 16.7. The van der Waals surface area contributed by atoms with E-state index in [-0.39, 0.29) is 24.3 Å². The molecule has 0 aliphatic carbocycles. The molecule has 0 radical (unpaired) electrons. The normalized spacial score (nSPS) is 25.6. The summed E-state index contributed by atoms with van der Waals surface area (Å²) in [7, 11) is 0. The standard InChI is InChI=1S/C17H22N2O4/c1-12-10-14(17(21)19(12)13-6-3-2-4-7-13)18-15(20)11-16-22-8-5-9-23-16/h2-4,6-7,12,14,16H,5,8-11H2,1H3,(H,18,20)/t12-,14+/m0/s1. The van der Waals surface area contributed by atoms with Gasteiger partial charge in [-0.3, -0.25) is 9.59 Å². The van der Waals surface area contributed by atoms with Gasteiger partial charge in [-0.25, -0.2) is 0 Å². The van der Waals surface area contributed by atoms with E-state index in [0.29, 0.717) is 19.6 Å². The molecule has 1 aromatic carbocycles. The second-order valence-corrected chi connectivity index (χ2v) is 5.98. The molecule has 2 heterocycles. The van der Waals surface area contributed by atoms with Crippen LogP contribution in [0.5, 0.6) is 0 Å². The first kappa shape index (κ1) is 16.0. The Hall–Kier alpha value is -1.92. The van der Waals surface area contributed by atoms with E-state index in [1.165, 1.54) is 0 Å². The molecule has 0 aromatic heterocycles. The average Bonchev–Trinajstić information content (AvgIpc) is 2.83. The first-order valence-corrected chi connectivity index (χ1v) is 8.06. The number of anilines is 1. The van der Waals surface area contributed by atoms with Crippen LogP contribution in [0.4, 0.5) is 5.69 Å². The van der Waals surface area contributed by atoms with Gasteiger partial charge in [0, 0.05) is 11.7 Å². The highest BCUT2D eigenvalue weighted by Gasteiger charge is 2.39. The van der Waals surface area contributed by atoms with E-state index >= 15 is 0 Å². The van der Waals surface area contributed by atoms with Crippen molar-refractivity contribution < 1.29 is 19.1 Å². The number of amides is 2. The fourth-order valence-electron chi connectivity index (χ4n) is 3.08. The molecule has 2 aliphatic heterocycles. The largest absolute Gasteiger partial charge is 0.352 e. The minimum atomic E-state index is -0.497. The number of ether oxygens (including phenoxy) is 2. The minimum Gasteiger partial charge on any atom is -0.352 e. The van der Waals surface area contributed by atoms with Gasteiger partial charge in [0.1, 0.15) is 6.04 Å². The molecule has 0 bridgehead atoms. The molecule has 124 valence electrons. The summed E-state index contributed by atoms with van der Waals surface area (Å²) in [6.07, 6.45) is 1.08. The Morgan fingerprint density at radius 2 is 1.96 bits per heavy atom. The van der Waals surface area contributed by atoms with Crippen LogP contribution in [0.3, 0.4) is 0 Å². The maximum absolute atomic E-state index is 12.6. The summed E-state index contributed by atoms with van der Waals surface area (Å²) in [5.74, 6) is -0.278. The number of nitrogens with one attached hydrogen (secondary N) is 1. The third kappa shape index (κ3) is 3.71. The number of hydrogen-bond acceptors (Lipinski definition) is 4. The van der Waals surface area contributed by atoms with Crippen molar-refractivity contribution in [3.63, 3.8) is 0 Å². The van der Waals surface area contributed by atoms with Gasteiger partial charge in [-0.15, -0.1) is 0 Å². The Morgan fingerprint density at radius 3 is 2.65 bits per heavy atom. The van der Waals surface area contributed by atoms with E-state index < -0.39 is 12.3 Å². The number of benzene rings is 1. The number of carbonyl (C=O) groups excluding carboxylic acids is 2. The van der Waals surface area contributed by atoms with Crippen molar-refractivity contribution in [3.8, 4) is 0 Å². The molecule has 1 aromatic rings. The zero-order chi connectivity index (χ0) is 16.2. The number of carbonyl (C=O) groups is 2. The van der Waals surface area contributed by atoms with Crippen molar-refractivity contribution in [2.75, 3.05) is 18.1 Å². The Labute approximate surface area is 135 Å². The summed E-state index contributed by atoms with van der Waals surface area (Å²) in [5, 5.41) is 2.82. The van der Waals surface area contributed by atoms with Crippen LogP contribution in [0.1, 0.15) is 26.2 Å². The quantitative estimate of drug-likeness (QED) is 0.912. The lowest BCUT2D eigenvalue weighted by molar-refractivity contribution is -0.184. The lowest BCUT2D eigenvalue weighted by Gasteiger charge is -2.23. The van der Waals surface area contributed by atoms with Gasteiger partial charge in [0.2, 0.25) is 11.8 Å². The van der Waals surface area contributed by atoms with Gasteiger partial charge in [-0.05, 0) is 31.9 Å². The van der Waals surface area contributed by atoms with Crippen molar-refractivity contribution in [1.29, 1.82) is 0 Å². The molecule has 2 aliphatic rings. The predicted octanol–water partition coefficient (Wildman–Crippen LogP) is 1.45. The number of para-hydroxylation sites is 1. The first-order valence-electron chi connectivity index (χ1n) is 8.06. The van der Waals surface area contributed by atoms with Crippen molar-refractivity contribution in [3.05, 3.63) is 30.3 Å². The lowest BCUT2D eigenvalue weighted by Crippen LogP contribution is -2.43. The van der Waals surface area contributed by atoms with Crippen LogP contribution in [-0.2, 0) is 19.1 Å². The van der Waals surface area contributed by atoms with Crippen LogP contribution >= 0.6 is 0 Å². The van der Waals surface area contributed by atoms with E-state index in [1.54, 1.807) is 4.90 Å². The van der Waals surface area contributed by atoms with Gasteiger partial charge < -0.3 is 19.7 Å². The molecule has 0 spiro atoms. The summed E-state index contributed by atoms with van der Waals surface area (Å²) in [6, 6.07) is 9.10. The minimum absolute atomic E-state index is 0.0531. The number of nitrogens with zero attached hydrogens (tertiary/aromatic N) is 1. The maximum Gasteiger partial charge on any atom is 0.249 e. The molecule has 6 heteroatoms. The molecule has 6 nitrogen and oxygen atoms in total. The summed E-state index contributed by atoms with van der Waals surface area (Å²) in [4.78, 5) is 26.5. The Kier molecular flexibility index (Phi) is 4.93. The second-order valence-electron chi connectivity index (χ2n) is 5.98. The molecule has 2 fully saturated rings. The molecule has 2 saturated heterocycles. The van der Waals surface area contributed by atoms with Crippen LogP contribution < -0.4 is 10.2 Å².